The Labute approximate surface area is 166 Å². The van der Waals surface area contributed by atoms with E-state index in [4.69, 9.17) is 30.2 Å². The highest BCUT2D eigenvalue weighted by Gasteiger charge is 2.11. The molecule has 7 heteroatoms. The van der Waals surface area contributed by atoms with E-state index in [9.17, 15) is 9.59 Å². The average molecular weight is 403 g/mol. The van der Waals surface area contributed by atoms with Crippen LogP contribution in [0, 0.1) is 0 Å². The summed E-state index contributed by atoms with van der Waals surface area (Å²) in [5.74, 6) is -0.101. The Balaban J connectivity index is 1.71. The molecule has 0 aliphatic carbocycles. The fraction of sp³-hybridized carbons (Fsp3) is 0.238. The van der Waals surface area contributed by atoms with Crippen LogP contribution in [0.15, 0.2) is 57.9 Å². The molecule has 2 aromatic carbocycles. The summed E-state index contributed by atoms with van der Waals surface area (Å²) >= 11 is 5.89. The van der Waals surface area contributed by atoms with E-state index in [1.165, 1.54) is 6.26 Å². The van der Waals surface area contributed by atoms with Crippen LogP contribution in [-0.2, 0) is 14.3 Å². The summed E-state index contributed by atoms with van der Waals surface area (Å²) < 4.78 is 21.1. The quantitative estimate of drug-likeness (QED) is 0.417. The Morgan fingerprint density at radius 1 is 1.11 bits per heavy atom. The maximum Gasteiger partial charge on any atom is 0.344 e. The van der Waals surface area contributed by atoms with E-state index in [0.29, 0.717) is 40.5 Å². The summed E-state index contributed by atoms with van der Waals surface area (Å²) in [4.78, 5) is 24.4. The molecule has 28 heavy (non-hydrogen) atoms. The molecular formula is C21H19ClO6. The molecule has 1 aromatic heterocycles. The van der Waals surface area contributed by atoms with Crippen molar-refractivity contribution < 1.29 is 23.4 Å². The van der Waals surface area contributed by atoms with Crippen molar-refractivity contribution in [1.82, 2.24) is 0 Å². The Hall–Kier alpha value is -2.83. The third-order valence-corrected chi connectivity index (χ3v) is 4.20. The van der Waals surface area contributed by atoms with Gasteiger partial charge < -0.3 is 18.6 Å². The maximum atomic E-state index is 12.7. The van der Waals surface area contributed by atoms with Crippen molar-refractivity contribution in [1.29, 1.82) is 0 Å². The predicted octanol–water partition coefficient (Wildman–Crippen LogP) is 4.07. The van der Waals surface area contributed by atoms with Crippen molar-refractivity contribution >= 4 is 28.5 Å². The molecule has 1 heterocycles. The third kappa shape index (κ3) is 4.91. The third-order valence-electron chi connectivity index (χ3n) is 3.95. The lowest BCUT2D eigenvalue weighted by atomic mass is 10.1. The van der Waals surface area contributed by atoms with Gasteiger partial charge in [-0.25, -0.2) is 4.79 Å². The van der Waals surface area contributed by atoms with Crippen molar-refractivity contribution in [3.63, 3.8) is 0 Å². The second kappa shape index (κ2) is 9.39. The number of carbonyl (C=O) groups is 1. The summed E-state index contributed by atoms with van der Waals surface area (Å²) in [5.41, 5.74) is 1.36. The molecule has 0 saturated heterocycles. The minimum atomic E-state index is -0.501. The Bertz CT molecular complexity index is 1010. The van der Waals surface area contributed by atoms with Crippen molar-refractivity contribution in [2.24, 2.45) is 0 Å². The van der Waals surface area contributed by atoms with E-state index in [0.717, 1.165) is 5.56 Å². The highest BCUT2D eigenvalue weighted by atomic mass is 35.5. The molecule has 0 spiro atoms. The zero-order valence-electron chi connectivity index (χ0n) is 15.3. The fourth-order valence-corrected chi connectivity index (χ4v) is 2.70. The maximum absolute atomic E-state index is 12.7. The number of rotatable bonds is 8. The number of hydrogen-bond acceptors (Lipinski definition) is 6. The van der Waals surface area contributed by atoms with E-state index < -0.39 is 5.97 Å². The molecule has 0 bridgehead atoms. The minimum Gasteiger partial charge on any atom is -0.482 e. The van der Waals surface area contributed by atoms with Gasteiger partial charge in [-0.15, -0.1) is 0 Å². The summed E-state index contributed by atoms with van der Waals surface area (Å²) in [6, 6.07) is 11.7. The first-order valence-electron chi connectivity index (χ1n) is 8.76. The fourth-order valence-electron chi connectivity index (χ4n) is 2.57. The number of ether oxygens (including phenoxy) is 3. The molecule has 0 amide bonds. The highest BCUT2D eigenvalue weighted by molar-refractivity contribution is 6.30. The average Bonchev–Trinajstić information content (AvgIpc) is 2.71. The van der Waals surface area contributed by atoms with Crippen molar-refractivity contribution in [2.45, 2.75) is 6.92 Å². The Morgan fingerprint density at radius 2 is 1.89 bits per heavy atom. The minimum absolute atomic E-state index is 0.162. The van der Waals surface area contributed by atoms with Crippen molar-refractivity contribution in [3.05, 3.63) is 64.0 Å². The summed E-state index contributed by atoms with van der Waals surface area (Å²) in [6.07, 6.45) is 1.40. The van der Waals surface area contributed by atoms with E-state index >= 15 is 0 Å². The summed E-state index contributed by atoms with van der Waals surface area (Å²) in [7, 11) is 0. The van der Waals surface area contributed by atoms with Gasteiger partial charge in [-0.1, -0.05) is 23.7 Å². The van der Waals surface area contributed by atoms with E-state index in [1.807, 2.05) is 6.92 Å². The van der Waals surface area contributed by atoms with Gasteiger partial charge in [-0.05, 0) is 36.8 Å². The van der Waals surface area contributed by atoms with Crippen LogP contribution in [0.1, 0.15) is 6.92 Å². The van der Waals surface area contributed by atoms with Gasteiger partial charge >= 0.3 is 5.97 Å². The lowest BCUT2D eigenvalue weighted by Crippen LogP contribution is -2.17. The molecule has 0 fully saturated rings. The molecule has 6 nitrogen and oxygen atoms in total. The monoisotopic (exact) mass is 402 g/mol. The van der Waals surface area contributed by atoms with Gasteiger partial charge in [-0.2, -0.15) is 0 Å². The Morgan fingerprint density at radius 3 is 2.64 bits per heavy atom. The second-order valence-electron chi connectivity index (χ2n) is 5.85. The summed E-state index contributed by atoms with van der Waals surface area (Å²) in [5, 5.41) is 1.01. The van der Waals surface area contributed by atoms with E-state index in [1.54, 1.807) is 42.5 Å². The van der Waals surface area contributed by atoms with Crippen LogP contribution in [0.5, 0.6) is 5.75 Å². The van der Waals surface area contributed by atoms with Crippen LogP contribution in [0.2, 0.25) is 5.02 Å². The van der Waals surface area contributed by atoms with Crippen LogP contribution in [0.3, 0.4) is 0 Å². The highest BCUT2D eigenvalue weighted by Crippen LogP contribution is 2.24. The number of carbonyl (C=O) groups excluding carboxylic acids is 1. The van der Waals surface area contributed by atoms with Gasteiger partial charge in [0.25, 0.3) is 0 Å². The van der Waals surface area contributed by atoms with Gasteiger partial charge in [0.15, 0.2) is 12.0 Å². The molecular weight excluding hydrogens is 384 g/mol. The molecule has 3 aromatic rings. The van der Waals surface area contributed by atoms with Crippen LogP contribution in [0.4, 0.5) is 0 Å². The van der Waals surface area contributed by atoms with Gasteiger partial charge in [0.05, 0.1) is 17.6 Å². The number of halogens is 1. The Kier molecular flexibility index (Phi) is 6.68. The molecule has 0 radical (unpaired) electrons. The largest absolute Gasteiger partial charge is 0.482 e. The molecule has 0 atom stereocenters. The first-order valence-corrected chi connectivity index (χ1v) is 9.14. The zero-order valence-corrected chi connectivity index (χ0v) is 16.0. The number of fused-ring (bicyclic) bond motifs is 1. The smallest absolute Gasteiger partial charge is 0.344 e. The zero-order chi connectivity index (χ0) is 19.9. The predicted molar refractivity (Wildman–Crippen MR) is 106 cm³/mol. The van der Waals surface area contributed by atoms with E-state index in [-0.39, 0.29) is 18.6 Å². The first kappa shape index (κ1) is 19.9. The van der Waals surface area contributed by atoms with Crippen LogP contribution >= 0.6 is 11.6 Å². The standard InChI is InChI=1S/C21H19ClO6/c1-2-25-9-10-26-20(23)13-27-16-7-8-17-19(11-16)28-12-18(21(17)24)14-3-5-15(22)6-4-14/h3-8,11-12H,2,9-10,13H2,1H3. The molecule has 0 aliphatic rings. The molecule has 0 N–H and O–H groups in total. The van der Waals surface area contributed by atoms with Crippen molar-refractivity contribution in [2.75, 3.05) is 26.4 Å². The molecule has 0 aliphatic heterocycles. The van der Waals surface area contributed by atoms with Crippen LogP contribution in [-0.4, -0.2) is 32.4 Å². The van der Waals surface area contributed by atoms with Crippen LogP contribution in [0.25, 0.3) is 22.1 Å². The number of benzene rings is 2. The van der Waals surface area contributed by atoms with Crippen LogP contribution < -0.4 is 10.2 Å². The summed E-state index contributed by atoms with van der Waals surface area (Å²) in [6.45, 7) is 2.71. The van der Waals surface area contributed by atoms with Gasteiger partial charge in [0, 0.05) is 17.7 Å². The molecule has 0 saturated carbocycles. The topological polar surface area (TPSA) is 75.0 Å². The van der Waals surface area contributed by atoms with E-state index in [2.05, 4.69) is 0 Å². The molecule has 0 unspecified atom stereocenters. The van der Waals surface area contributed by atoms with Gasteiger partial charge in [0.2, 0.25) is 0 Å². The lowest BCUT2D eigenvalue weighted by Gasteiger charge is -2.08. The molecule has 3 rings (SSSR count). The molecule has 146 valence electrons. The lowest BCUT2D eigenvalue weighted by molar-refractivity contribution is -0.147. The van der Waals surface area contributed by atoms with Gasteiger partial charge in [-0.3, -0.25) is 4.79 Å². The normalized spacial score (nSPS) is 10.8. The number of hydrogen-bond donors (Lipinski definition) is 0. The van der Waals surface area contributed by atoms with Crippen molar-refractivity contribution in [3.8, 4) is 16.9 Å². The first-order chi connectivity index (χ1) is 13.6. The van der Waals surface area contributed by atoms with Gasteiger partial charge in [0.1, 0.15) is 24.2 Å². The SMILES string of the molecule is CCOCCOC(=O)COc1ccc2c(=O)c(-c3ccc(Cl)cc3)coc2c1. The number of esters is 1. The second-order valence-corrected chi connectivity index (χ2v) is 6.29.